The Bertz CT molecular complexity index is 457. The van der Waals surface area contributed by atoms with Gasteiger partial charge in [-0.3, -0.25) is 14.7 Å². The number of aromatic nitrogens is 1. The Kier molecular flexibility index (Phi) is 2.60. The third kappa shape index (κ3) is 2.06. The maximum atomic E-state index is 11.5. The van der Waals surface area contributed by atoms with E-state index in [1.807, 2.05) is 18.2 Å². The van der Waals surface area contributed by atoms with E-state index in [-0.39, 0.29) is 11.8 Å². The Morgan fingerprint density at radius 1 is 1.47 bits per heavy atom. The van der Waals surface area contributed by atoms with Crippen LogP contribution in [0, 0.1) is 5.92 Å². The largest absolute Gasteiger partial charge is 0.296 e. The van der Waals surface area contributed by atoms with Gasteiger partial charge >= 0.3 is 0 Å². The summed E-state index contributed by atoms with van der Waals surface area (Å²) in [6.45, 7) is 2.50. The van der Waals surface area contributed by atoms with Gasteiger partial charge in [0.1, 0.15) is 0 Å². The fourth-order valence-electron chi connectivity index (χ4n) is 2.34. The van der Waals surface area contributed by atoms with Crippen LogP contribution in [0.2, 0.25) is 0 Å². The zero-order valence-electron chi connectivity index (χ0n) is 9.47. The van der Waals surface area contributed by atoms with Gasteiger partial charge in [-0.15, -0.1) is 0 Å². The molecule has 0 aliphatic carbocycles. The minimum atomic E-state index is -0.0486. The summed E-state index contributed by atoms with van der Waals surface area (Å²) in [5, 5.41) is 4.06. The molecule has 1 unspecified atom stereocenters. The number of carbonyl (C=O) groups is 1. The van der Waals surface area contributed by atoms with Crippen LogP contribution < -0.4 is 5.43 Å². The number of hydrogen-bond acceptors (Lipinski definition) is 4. The number of rotatable bonds is 2. The molecule has 0 radical (unpaired) electrons. The summed E-state index contributed by atoms with van der Waals surface area (Å²) in [5.41, 5.74) is 4.61. The van der Waals surface area contributed by atoms with Crippen molar-refractivity contribution in [2.24, 2.45) is 11.0 Å². The fraction of sp³-hybridized carbons (Fsp3) is 0.417. The Morgan fingerprint density at radius 2 is 2.41 bits per heavy atom. The van der Waals surface area contributed by atoms with Gasteiger partial charge < -0.3 is 0 Å². The van der Waals surface area contributed by atoms with Crippen molar-refractivity contribution in [1.82, 2.24) is 15.3 Å². The molecule has 1 aromatic heterocycles. The van der Waals surface area contributed by atoms with E-state index >= 15 is 0 Å². The summed E-state index contributed by atoms with van der Waals surface area (Å²) >= 11 is 0. The molecule has 3 heterocycles. The molecule has 5 heteroatoms. The zero-order valence-corrected chi connectivity index (χ0v) is 9.47. The first kappa shape index (κ1) is 10.4. The van der Waals surface area contributed by atoms with Gasteiger partial charge in [0.25, 0.3) is 0 Å². The fourth-order valence-corrected chi connectivity index (χ4v) is 2.34. The first-order valence-electron chi connectivity index (χ1n) is 5.81. The lowest BCUT2D eigenvalue weighted by Crippen LogP contribution is -2.42. The number of nitrogens with one attached hydrogen (secondary N) is 1. The van der Waals surface area contributed by atoms with Gasteiger partial charge in [-0.25, -0.2) is 5.43 Å². The maximum Gasteiger partial charge on any atom is 0.250 e. The van der Waals surface area contributed by atoms with E-state index in [9.17, 15) is 4.79 Å². The number of piperidine rings is 1. The van der Waals surface area contributed by atoms with Crippen LogP contribution in [-0.2, 0) is 11.3 Å². The predicted molar refractivity (Wildman–Crippen MR) is 63.2 cm³/mol. The van der Waals surface area contributed by atoms with Gasteiger partial charge in [0, 0.05) is 32.3 Å². The molecule has 0 saturated carbocycles. The molecule has 1 N–H and O–H groups in total. The summed E-state index contributed by atoms with van der Waals surface area (Å²) in [4.78, 5) is 18.1. The zero-order chi connectivity index (χ0) is 11.7. The Labute approximate surface area is 99.5 Å². The summed E-state index contributed by atoms with van der Waals surface area (Å²) < 4.78 is 0. The molecule has 0 aromatic carbocycles. The molecular formula is C12H14N4O. The van der Waals surface area contributed by atoms with Crippen molar-refractivity contribution in [1.29, 1.82) is 0 Å². The lowest BCUT2D eigenvalue weighted by Gasteiger charge is -2.29. The second-order valence-electron chi connectivity index (χ2n) is 4.44. The molecule has 3 rings (SSSR count). The SMILES string of the molecule is O=C1NN=C2CCN(Cc3ccccn3)CC12. The highest BCUT2D eigenvalue weighted by Crippen LogP contribution is 2.19. The molecule has 5 nitrogen and oxygen atoms in total. The first-order chi connectivity index (χ1) is 8.33. The normalized spacial score (nSPS) is 24.1. The van der Waals surface area contributed by atoms with Crippen LogP contribution in [0.1, 0.15) is 12.1 Å². The Balaban J connectivity index is 1.67. The van der Waals surface area contributed by atoms with E-state index in [2.05, 4.69) is 20.4 Å². The average Bonchev–Trinajstić information content (AvgIpc) is 2.73. The maximum absolute atomic E-state index is 11.5. The van der Waals surface area contributed by atoms with Gasteiger partial charge in [0.05, 0.1) is 17.3 Å². The molecule has 88 valence electrons. The molecule has 1 aromatic rings. The first-order valence-corrected chi connectivity index (χ1v) is 5.81. The lowest BCUT2D eigenvalue weighted by molar-refractivity contribution is -0.122. The number of likely N-dealkylation sites (tertiary alicyclic amines) is 1. The van der Waals surface area contributed by atoms with E-state index in [0.29, 0.717) is 0 Å². The number of nitrogens with zero attached hydrogens (tertiary/aromatic N) is 3. The quantitative estimate of drug-likeness (QED) is 0.799. The van der Waals surface area contributed by atoms with E-state index in [1.54, 1.807) is 6.20 Å². The topological polar surface area (TPSA) is 57.6 Å². The van der Waals surface area contributed by atoms with Crippen LogP contribution in [0.3, 0.4) is 0 Å². The number of fused-ring (bicyclic) bond motifs is 1. The number of hydrogen-bond donors (Lipinski definition) is 1. The van der Waals surface area contributed by atoms with Crippen molar-refractivity contribution >= 4 is 11.6 Å². The average molecular weight is 230 g/mol. The van der Waals surface area contributed by atoms with Gasteiger partial charge in [-0.1, -0.05) is 6.07 Å². The second kappa shape index (κ2) is 4.25. The Hall–Kier alpha value is -1.75. The molecule has 1 saturated heterocycles. The number of carbonyl (C=O) groups excluding carboxylic acids is 1. The van der Waals surface area contributed by atoms with Gasteiger partial charge in [0.2, 0.25) is 5.91 Å². The molecule has 17 heavy (non-hydrogen) atoms. The van der Waals surface area contributed by atoms with Crippen LogP contribution in [0.5, 0.6) is 0 Å². The van der Waals surface area contributed by atoms with Crippen molar-refractivity contribution in [3.05, 3.63) is 30.1 Å². The minimum absolute atomic E-state index is 0.0331. The van der Waals surface area contributed by atoms with Crippen LogP contribution in [-0.4, -0.2) is 34.6 Å². The molecule has 1 amide bonds. The summed E-state index contributed by atoms with van der Waals surface area (Å²) in [6.07, 6.45) is 2.67. The van der Waals surface area contributed by atoms with Gasteiger partial charge in [-0.2, -0.15) is 5.10 Å². The summed E-state index contributed by atoms with van der Waals surface area (Å²) in [5.74, 6) is -0.0156. The monoisotopic (exact) mass is 230 g/mol. The van der Waals surface area contributed by atoms with Crippen LogP contribution in [0.4, 0.5) is 0 Å². The van der Waals surface area contributed by atoms with E-state index in [4.69, 9.17) is 0 Å². The summed E-state index contributed by atoms with van der Waals surface area (Å²) in [6, 6.07) is 5.91. The van der Waals surface area contributed by atoms with Crippen molar-refractivity contribution in [3.63, 3.8) is 0 Å². The number of hydrazone groups is 1. The lowest BCUT2D eigenvalue weighted by atomic mass is 9.96. The smallest absolute Gasteiger partial charge is 0.250 e. The molecule has 1 atom stereocenters. The van der Waals surface area contributed by atoms with Crippen LogP contribution in [0.15, 0.2) is 29.5 Å². The highest BCUT2D eigenvalue weighted by atomic mass is 16.2. The van der Waals surface area contributed by atoms with E-state index in [0.717, 1.165) is 37.5 Å². The molecular weight excluding hydrogens is 216 g/mol. The van der Waals surface area contributed by atoms with Crippen LogP contribution in [0.25, 0.3) is 0 Å². The van der Waals surface area contributed by atoms with E-state index in [1.165, 1.54) is 0 Å². The summed E-state index contributed by atoms with van der Waals surface area (Å²) in [7, 11) is 0. The predicted octanol–water partition coefficient (Wildman–Crippen LogP) is 0.389. The van der Waals surface area contributed by atoms with Crippen molar-refractivity contribution < 1.29 is 4.79 Å². The minimum Gasteiger partial charge on any atom is -0.296 e. The van der Waals surface area contributed by atoms with Crippen molar-refractivity contribution in [2.75, 3.05) is 13.1 Å². The molecule has 0 bridgehead atoms. The Morgan fingerprint density at radius 3 is 3.24 bits per heavy atom. The number of pyridine rings is 1. The third-order valence-corrected chi connectivity index (χ3v) is 3.27. The molecule has 0 spiro atoms. The third-order valence-electron chi connectivity index (χ3n) is 3.27. The molecule has 1 fully saturated rings. The highest BCUT2D eigenvalue weighted by Gasteiger charge is 2.34. The van der Waals surface area contributed by atoms with E-state index < -0.39 is 0 Å². The second-order valence-corrected chi connectivity index (χ2v) is 4.44. The van der Waals surface area contributed by atoms with Crippen molar-refractivity contribution in [3.8, 4) is 0 Å². The molecule has 2 aliphatic heterocycles. The van der Waals surface area contributed by atoms with Gasteiger partial charge in [0.15, 0.2) is 0 Å². The van der Waals surface area contributed by atoms with Crippen LogP contribution >= 0.6 is 0 Å². The highest BCUT2D eigenvalue weighted by molar-refractivity contribution is 6.08. The van der Waals surface area contributed by atoms with Gasteiger partial charge in [-0.05, 0) is 12.1 Å². The standard InChI is InChI=1S/C12H14N4O/c17-12-10-8-16(6-4-11(10)14-15-12)7-9-3-1-2-5-13-9/h1-3,5,10H,4,6-8H2,(H,15,17). The molecule has 2 aliphatic rings. The van der Waals surface area contributed by atoms with Crippen molar-refractivity contribution in [2.45, 2.75) is 13.0 Å². The number of amides is 1.